The summed E-state index contributed by atoms with van der Waals surface area (Å²) in [5.74, 6) is -0.0349. The number of amides is 1. The van der Waals surface area contributed by atoms with Gasteiger partial charge in [-0.3, -0.25) is 9.20 Å². The Bertz CT molecular complexity index is 812. The third-order valence-electron chi connectivity index (χ3n) is 3.90. The first kappa shape index (κ1) is 13.5. The first-order valence-electron chi connectivity index (χ1n) is 7.15. The van der Waals surface area contributed by atoms with Crippen LogP contribution in [0.3, 0.4) is 0 Å². The van der Waals surface area contributed by atoms with Crippen LogP contribution in [0.1, 0.15) is 23.6 Å². The summed E-state index contributed by atoms with van der Waals surface area (Å²) in [7, 11) is 0. The van der Waals surface area contributed by atoms with Gasteiger partial charge in [0.05, 0.1) is 12.1 Å². The first-order valence-corrected chi connectivity index (χ1v) is 8.03. The van der Waals surface area contributed by atoms with Gasteiger partial charge in [0.25, 0.3) is 0 Å². The number of imidazole rings is 1. The quantitative estimate of drug-likeness (QED) is 0.805. The highest BCUT2D eigenvalue weighted by Gasteiger charge is 2.39. The molecule has 1 aliphatic rings. The van der Waals surface area contributed by atoms with Crippen LogP contribution in [-0.4, -0.2) is 21.3 Å². The van der Waals surface area contributed by atoms with Crippen LogP contribution < -0.4 is 5.32 Å². The number of thiazole rings is 1. The van der Waals surface area contributed by atoms with E-state index in [1.807, 2.05) is 28.2 Å². The number of carbonyl (C=O) groups is 1. The van der Waals surface area contributed by atoms with Crippen LogP contribution in [0.2, 0.25) is 0 Å². The Hall–Kier alpha value is -2.21. The van der Waals surface area contributed by atoms with Gasteiger partial charge in [-0.2, -0.15) is 0 Å². The van der Waals surface area contributed by atoms with Crippen molar-refractivity contribution in [3.63, 3.8) is 0 Å². The number of halogens is 1. The minimum atomic E-state index is -0.229. The van der Waals surface area contributed by atoms with E-state index in [0.717, 1.165) is 22.6 Å². The highest BCUT2D eigenvalue weighted by molar-refractivity contribution is 7.15. The molecule has 1 N–H and O–H groups in total. The molecule has 1 aromatic carbocycles. The number of carbonyl (C=O) groups excluding carboxylic acids is 1. The maximum absolute atomic E-state index is 13.2. The molecule has 0 radical (unpaired) electrons. The number of hydrogen-bond acceptors (Lipinski definition) is 3. The molecular weight excluding hydrogens is 301 g/mol. The van der Waals surface area contributed by atoms with Crippen molar-refractivity contribution in [3.05, 3.63) is 59.1 Å². The van der Waals surface area contributed by atoms with Crippen molar-refractivity contribution in [2.75, 3.05) is 0 Å². The Kier molecular flexibility index (Phi) is 3.18. The summed E-state index contributed by atoms with van der Waals surface area (Å²) < 4.78 is 15.1. The van der Waals surface area contributed by atoms with Crippen LogP contribution in [-0.2, 0) is 11.2 Å². The zero-order chi connectivity index (χ0) is 15.1. The van der Waals surface area contributed by atoms with Gasteiger partial charge in [-0.15, -0.1) is 11.3 Å². The van der Waals surface area contributed by atoms with Crippen molar-refractivity contribution in [1.29, 1.82) is 0 Å². The third-order valence-corrected chi connectivity index (χ3v) is 4.67. The van der Waals surface area contributed by atoms with E-state index in [2.05, 4.69) is 10.3 Å². The third kappa shape index (κ3) is 2.62. The fourth-order valence-corrected chi connectivity index (χ4v) is 3.46. The Morgan fingerprint density at radius 3 is 3.23 bits per heavy atom. The number of benzene rings is 1. The van der Waals surface area contributed by atoms with Crippen molar-refractivity contribution in [3.8, 4) is 0 Å². The number of hydrogen-bond donors (Lipinski definition) is 1. The normalized spacial score (nSPS) is 20.2. The van der Waals surface area contributed by atoms with Crippen molar-refractivity contribution in [1.82, 2.24) is 14.7 Å². The van der Waals surface area contributed by atoms with Gasteiger partial charge in [0.15, 0.2) is 4.96 Å². The van der Waals surface area contributed by atoms with Gasteiger partial charge in [0.2, 0.25) is 5.91 Å². The maximum Gasteiger partial charge on any atom is 0.226 e. The summed E-state index contributed by atoms with van der Waals surface area (Å²) in [6.07, 6.45) is 4.95. The number of rotatable bonds is 4. The molecule has 1 fully saturated rings. The zero-order valence-corrected chi connectivity index (χ0v) is 12.5. The molecule has 22 heavy (non-hydrogen) atoms. The average Bonchev–Trinajstić information content (AvgIpc) is 2.91. The van der Waals surface area contributed by atoms with E-state index in [4.69, 9.17) is 0 Å². The van der Waals surface area contributed by atoms with Crippen molar-refractivity contribution in [2.45, 2.75) is 24.8 Å². The molecule has 1 aliphatic carbocycles. The molecule has 2 heterocycles. The van der Waals surface area contributed by atoms with Gasteiger partial charge in [0, 0.05) is 29.7 Å². The number of nitrogens with zero attached hydrogens (tertiary/aromatic N) is 2. The maximum atomic E-state index is 13.2. The smallest absolute Gasteiger partial charge is 0.226 e. The Morgan fingerprint density at radius 2 is 2.41 bits per heavy atom. The molecule has 0 bridgehead atoms. The van der Waals surface area contributed by atoms with E-state index >= 15 is 0 Å². The van der Waals surface area contributed by atoms with Crippen LogP contribution in [0.4, 0.5) is 4.39 Å². The molecule has 4 rings (SSSR count). The van der Waals surface area contributed by atoms with Gasteiger partial charge in [-0.1, -0.05) is 12.1 Å². The van der Waals surface area contributed by atoms with Crippen LogP contribution >= 0.6 is 11.3 Å². The molecule has 0 spiro atoms. The van der Waals surface area contributed by atoms with Crippen LogP contribution in [0.5, 0.6) is 0 Å². The molecular formula is C16H14FN3OS. The van der Waals surface area contributed by atoms with Crippen molar-refractivity contribution < 1.29 is 9.18 Å². The topological polar surface area (TPSA) is 46.4 Å². The highest BCUT2D eigenvalue weighted by Crippen LogP contribution is 2.40. The molecule has 0 aliphatic heterocycles. The summed E-state index contributed by atoms with van der Waals surface area (Å²) in [5, 5.41) is 4.96. The van der Waals surface area contributed by atoms with Crippen LogP contribution in [0.25, 0.3) is 4.96 Å². The van der Waals surface area contributed by atoms with E-state index in [-0.39, 0.29) is 30.1 Å². The van der Waals surface area contributed by atoms with Crippen molar-refractivity contribution >= 4 is 22.2 Å². The van der Waals surface area contributed by atoms with E-state index < -0.39 is 0 Å². The predicted octanol–water partition coefficient (Wildman–Crippen LogP) is 2.75. The van der Waals surface area contributed by atoms with E-state index in [1.54, 1.807) is 23.5 Å². The second kappa shape index (κ2) is 5.21. The lowest BCUT2D eigenvalue weighted by Gasteiger charge is -2.04. The zero-order valence-electron chi connectivity index (χ0n) is 11.7. The Labute approximate surface area is 130 Å². The minimum absolute atomic E-state index is 0.0327. The Balaban J connectivity index is 1.36. The predicted molar refractivity (Wildman–Crippen MR) is 82.5 cm³/mol. The first-order chi connectivity index (χ1) is 10.7. The summed E-state index contributed by atoms with van der Waals surface area (Å²) in [4.78, 5) is 17.4. The molecule has 0 saturated heterocycles. The molecule has 112 valence electrons. The number of fused-ring (bicyclic) bond motifs is 1. The lowest BCUT2D eigenvalue weighted by Crippen LogP contribution is -2.28. The fraction of sp³-hybridized carbons (Fsp3) is 0.250. The minimum Gasteiger partial charge on any atom is -0.352 e. The largest absolute Gasteiger partial charge is 0.352 e. The molecule has 2 atom stereocenters. The monoisotopic (exact) mass is 315 g/mol. The summed E-state index contributed by atoms with van der Waals surface area (Å²) >= 11 is 1.55. The number of aromatic nitrogens is 2. The van der Waals surface area contributed by atoms with Gasteiger partial charge >= 0.3 is 0 Å². The molecule has 3 aromatic rings. The summed E-state index contributed by atoms with van der Waals surface area (Å²) in [6.45, 7) is 0. The van der Waals surface area contributed by atoms with Gasteiger partial charge in [-0.25, -0.2) is 9.37 Å². The lowest BCUT2D eigenvalue weighted by atomic mass is 10.1. The number of nitrogens with one attached hydrogen (secondary N) is 1. The second-order valence-electron chi connectivity index (χ2n) is 5.57. The van der Waals surface area contributed by atoms with Crippen LogP contribution in [0, 0.1) is 5.82 Å². The van der Waals surface area contributed by atoms with Gasteiger partial charge < -0.3 is 5.32 Å². The molecule has 1 saturated carbocycles. The van der Waals surface area contributed by atoms with E-state index in [1.165, 1.54) is 6.07 Å². The summed E-state index contributed by atoms with van der Waals surface area (Å²) in [5.41, 5.74) is 1.72. The van der Waals surface area contributed by atoms with E-state index in [0.29, 0.717) is 0 Å². The fourth-order valence-electron chi connectivity index (χ4n) is 2.74. The average molecular weight is 315 g/mol. The lowest BCUT2D eigenvalue weighted by molar-refractivity contribution is -0.120. The molecule has 0 unspecified atom stereocenters. The standard InChI is InChI=1S/C16H14FN3OS/c17-11-3-1-2-10(6-11)13-8-14(13)19-15(21)7-12-9-20-4-5-22-16(20)18-12/h1-6,9,13-14H,7-8H2,(H,19,21)/t13-,14-/m1/s1. The molecule has 1 amide bonds. The van der Waals surface area contributed by atoms with Crippen LogP contribution in [0.15, 0.2) is 42.0 Å². The van der Waals surface area contributed by atoms with E-state index in [9.17, 15) is 9.18 Å². The van der Waals surface area contributed by atoms with Gasteiger partial charge in [-0.05, 0) is 24.1 Å². The van der Waals surface area contributed by atoms with Crippen molar-refractivity contribution in [2.24, 2.45) is 0 Å². The highest BCUT2D eigenvalue weighted by atomic mass is 32.1. The molecule has 4 nitrogen and oxygen atoms in total. The second-order valence-corrected chi connectivity index (χ2v) is 6.45. The SMILES string of the molecule is O=C(Cc1cn2ccsc2n1)N[C@@H]1C[C@@H]1c1cccc(F)c1. The Morgan fingerprint density at radius 1 is 1.50 bits per heavy atom. The molecule has 2 aromatic heterocycles. The summed E-state index contributed by atoms with van der Waals surface area (Å²) in [6, 6.07) is 6.70. The van der Waals surface area contributed by atoms with Gasteiger partial charge in [0.1, 0.15) is 5.82 Å². The molecule has 6 heteroatoms.